The van der Waals surface area contributed by atoms with E-state index >= 15 is 0 Å². The summed E-state index contributed by atoms with van der Waals surface area (Å²) in [6, 6.07) is 5.40. The molecule has 1 amide bonds. The number of methoxy groups -OCH3 is 1. The topological polar surface area (TPSA) is 79.9 Å². The summed E-state index contributed by atoms with van der Waals surface area (Å²) in [5, 5.41) is 9.21. The van der Waals surface area contributed by atoms with Crippen molar-refractivity contribution in [2.45, 2.75) is 4.90 Å². The first-order valence-corrected chi connectivity index (χ1v) is 6.85. The van der Waals surface area contributed by atoms with Crippen molar-refractivity contribution < 1.29 is 9.53 Å². The number of halogens is 1. The Morgan fingerprint density at radius 2 is 2.32 bits per heavy atom. The predicted molar refractivity (Wildman–Crippen MR) is 74.1 cm³/mol. The number of nitrogens with zero attached hydrogens (tertiary/aromatic N) is 2. The fourth-order valence-corrected chi connectivity index (χ4v) is 2.02. The van der Waals surface area contributed by atoms with Crippen molar-refractivity contribution >= 4 is 35.2 Å². The second-order valence-electron chi connectivity index (χ2n) is 3.47. The van der Waals surface area contributed by atoms with Gasteiger partial charge >= 0.3 is 6.01 Å². The molecule has 0 fully saturated rings. The molecule has 6 nitrogen and oxygen atoms in total. The minimum Gasteiger partial charge on any atom is -0.466 e. The highest BCUT2D eigenvalue weighted by atomic mass is 35.5. The number of aromatic nitrogens is 3. The van der Waals surface area contributed by atoms with Crippen LogP contribution in [0.2, 0.25) is 5.02 Å². The van der Waals surface area contributed by atoms with E-state index in [0.717, 1.165) is 4.90 Å². The normalized spacial score (nSPS) is 10.3. The van der Waals surface area contributed by atoms with Crippen molar-refractivity contribution in [3.63, 3.8) is 0 Å². The largest absolute Gasteiger partial charge is 0.466 e. The summed E-state index contributed by atoms with van der Waals surface area (Å²) in [6.45, 7) is 0. The number of ether oxygens (including phenoxy) is 1. The number of rotatable bonds is 4. The van der Waals surface area contributed by atoms with Gasteiger partial charge in [0.05, 0.1) is 17.7 Å². The number of aromatic amines is 1. The third-order valence-corrected chi connectivity index (χ3v) is 3.35. The molecular formula is C11H11ClN4O2S. The predicted octanol–water partition coefficient (Wildman–Crippen LogP) is 2.44. The second-order valence-corrected chi connectivity index (χ2v) is 4.76. The molecule has 100 valence electrons. The van der Waals surface area contributed by atoms with Crippen LogP contribution in [-0.2, 0) is 0 Å². The number of hydrogen-bond acceptors (Lipinski definition) is 5. The van der Waals surface area contributed by atoms with Gasteiger partial charge in [-0.3, -0.25) is 10.1 Å². The van der Waals surface area contributed by atoms with Gasteiger partial charge in [-0.2, -0.15) is 4.98 Å². The molecule has 2 rings (SSSR count). The molecule has 0 bridgehead atoms. The van der Waals surface area contributed by atoms with Gasteiger partial charge in [0.25, 0.3) is 5.91 Å². The monoisotopic (exact) mass is 298 g/mol. The number of anilines is 1. The van der Waals surface area contributed by atoms with Crippen LogP contribution in [0.1, 0.15) is 10.4 Å². The Bertz CT molecular complexity index is 602. The zero-order valence-electron chi connectivity index (χ0n) is 10.2. The third-order valence-electron chi connectivity index (χ3n) is 2.30. The molecule has 2 aromatic rings. The number of carbonyl (C=O) groups is 1. The van der Waals surface area contributed by atoms with Crippen LogP contribution < -0.4 is 10.1 Å². The minimum atomic E-state index is -0.361. The summed E-state index contributed by atoms with van der Waals surface area (Å²) in [4.78, 5) is 16.9. The molecule has 2 N–H and O–H groups in total. The van der Waals surface area contributed by atoms with Crippen LogP contribution >= 0.6 is 23.4 Å². The SMILES string of the molecule is COc1n[nH]c(NC(=O)c2cc(SC)ccc2Cl)n1. The highest BCUT2D eigenvalue weighted by Crippen LogP contribution is 2.23. The molecule has 0 saturated carbocycles. The second kappa shape index (κ2) is 5.94. The molecule has 0 aliphatic heterocycles. The lowest BCUT2D eigenvalue weighted by Gasteiger charge is -2.05. The summed E-state index contributed by atoms with van der Waals surface area (Å²) < 4.78 is 4.81. The molecule has 0 aliphatic carbocycles. The molecule has 1 aromatic carbocycles. The number of benzene rings is 1. The highest BCUT2D eigenvalue weighted by molar-refractivity contribution is 7.98. The van der Waals surface area contributed by atoms with Crippen LogP contribution in [0, 0.1) is 0 Å². The third kappa shape index (κ3) is 3.18. The van der Waals surface area contributed by atoms with Gasteiger partial charge in [0, 0.05) is 4.90 Å². The van der Waals surface area contributed by atoms with Crippen molar-refractivity contribution in [2.24, 2.45) is 0 Å². The maximum Gasteiger partial charge on any atom is 0.336 e. The van der Waals surface area contributed by atoms with Crippen LogP contribution in [0.3, 0.4) is 0 Å². The first kappa shape index (κ1) is 13.7. The zero-order chi connectivity index (χ0) is 13.8. The number of amides is 1. The van der Waals surface area contributed by atoms with E-state index in [1.165, 1.54) is 18.9 Å². The van der Waals surface area contributed by atoms with E-state index in [-0.39, 0.29) is 17.9 Å². The van der Waals surface area contributed by atoms with Crippen molar-refractivity contribution in [3.8, 4) is 6.01 Å². The van der Waals surface area contributed by atoms with E-state index < -0.39 is 0 Å². The van der Waals surface area contributed by atoms with Gasteiger partial charge < -0.3 is 4.74 Å². The average Bonchev–Trinajstić information content (AvgIpc) is 2.87. The van der Waals surface area contributed by atoms with Gasteiger partial charge in [-0.05, 0) is 24.5 Å². The molecule has 1 aromatic heterocycles. The van der Waals surface area contributed by atoms with Gasteiger partial charge in [-0.25, -0.2) is 5.10 Å². The van der Waals surface area contributed by atoms with Crippen molar-refractivity contribution in [2.75, 3.05) is 18.7 Å². The number of H-pyrrole nitrogens is 1. The minimum absolute atomic E-state index is 0.152. The Balaban J connectivity index is 2.19. The van der Waals surface area contributed by atoms with E-state index in [1.54, 1.807) is 12.1 Å². The van der Waals surface area contributed by atoms with Gasteiger partial charge in [0.1, 0.15) is 0 Å². The van der Waals surface area contributed by atoms with Crippen LogP contribution in [0.5, 0.6) is 6.01 Å². The number of thioether (sulfide) groups is 1. The fourth-order valence-electron chi connectivity index (χ4n) is 1.37. The molecule has 19 heavy (non-hydrogen) atoms. The highest BCUT2D eigenvalue weighted by Gasteiger charge is 2.13. The van der Waals surface area contributed by atoms with Crippen molar-refractivity contribution in [1.82, 2.24) is 15.2 Å². The van der Waals surface area contributed by atoms with Crippen molar-refractivity contribution in [3.05, 3.63) is 28.8 Å². The average molecular weight is 299 g/mol. The lowest BCUT2D eigenvalue weighted by atomic mass is 10.2. The molecule has 8 heteroatoms. The Morgan fingerprint density at radius 1 is 1.53 bits per heavy atom. The zero-order valence-corrected chi connectivity index (χ0v) is 11.8. The standard InChI is InChI=1S/C11H11ClN4O2S/c1-18-11-14-10(15-16-11)13-9(17)7-5-6(19-2)3-4-8(7)12/h3-5H,1-2H3,(H2,13,14,15,16,17). The number of carbonyl (C=O) groups excluding carboxylic acids is 1. The molecule has 0 spiro atoms. The molecular weight excluding hydrogens is 288 g/mol. The van der Waals surface area contributed by atoms with Gasteiger partial charge in [0.2, 0.25) is 5.95 Å². The fraction of sp³-hybridized carbons (Fsp3) is 0.182. The summed E-state index contributed by atoms with van der Waals surface area (Å²) in [6.07, 6.45) is 1.92. The van der Waals surface area contributed by atoms with Gasteiger partial charge in [-0.1, -0.05) is 11.6 Å². The van der Waals surface area contributed by atoms with E-state index in [0.29, 0.717) is 10.6 Å². The van der Waals surface area contributed by atoms with Gasteiger partial charge in [-0.15, -0.1) is 16.9 Å². The summed E-state index contributed by atoms with van der Waals surface area (Å²) >= 11 is 7.53. The maximum absolute atomic E-state index is 12.1. The van der Waals surface area contributed by atoms with E-state index in [9.17, 15) is 4.79 Å². The van der Waals surface area contributed by atoms with Crippen LogP contribution in [0.4, 0.5) is 5.95 Å². The maximum atomic E-state index is 12.1. The molecule has 0 atom stereocenters. The molecule has 0 radical (unpaired) electrons. The van der Waals surface area contributed by atoms with E-state index in [4.69, 9.17) is 16.3 Å². The van der Waals surface area contributed by atoms with Gasteiger partial charge in [0.15, 0.2) is 0 Å². The lowest BCUT2D eigenvalue weighted by Crippen LogP contribution is -2.13. The first-order valence-electron chi connectivity index (χ1n) is 5.25. The Hall–Kier alpha value is -1.73. The Morgan fingerprint density at radius 3 is 2.95 bits per heavy atom. The van der Waals surface area contributed by atoms with Crippen LogP contribution in [0.15, 0.2) is 23.1 Å². The smallest absolute Gasteiger partial charge is 0.336 e. The number of nitrogens with one attached hydrogen (secondary N) is 2. The summed E-state index contributed by atoms with van der Waals surface area (Å²) in [5.74, 6) is -0.160. The molecule has 0 unspecified atom stereocenters. The summed E-state index contributed by atoms with van der Waals surface area (Å²) in [5.41, 5.74) is 0.379. The lowest BCUT2D eigenvalue weighted by molar-refractivity contribution is 0.102. The molecule has 1 heterocycles. The molecule has 0 saturated heterocycles. The van der Waals surface area contributed by atoms with Crippen LogP contribution in [0.25, 0.3) is 0 Å². The quantitative estimate of drug-likeness (QED) is 0.848. The van der Waals surface area contributed by atoms with E-state index in [2.05, 4.69) is 20.5 Å². The Kier molecular flexibility index (Phi) is 4.28. The first-order chi connectivity index (χ1) is 9.13. The van der Waals surface area contributed by atoms with E-state index in [1.807, 2.05) is 12.3 Å². The molecule has 0 aliphatic rings. The Labute approximate surface area is 118 Å². The number of hydrogen-bond donors (Lipinski definition) is 2. The summed E-state index contributed by atoms with van der Waals surface area (Å²) in [7, 11) is 1.44. The van der Waals surface area contributed by atoms with Crippen LogP contribution in [-0.4, -0.2) is 34.5 Å². The van der Waals surface area contributed by atoms with Crippen molar-refractivity contribution in [1.29, 1.82) is 0 Å².